The number of β-amino-alcohol motifs (C(OH)–C–C–N with tert-alkyl or cyclic N) is 1. The van der Waals surface area contributed by atoms with E-state index in [1.54, 1.807) is 0 Å². The molecule has 0 aliphatic carbocycles. The van der Waals surface area contributed by atoms with E-state index < -0.39 is 18.5 Å². The predicted octanol–water partition coefficient (Wildman–Crippen LogP) is 2.49. The van der Waals surface area contributed by atoms with Gasteiger partial charge in [-0.15, -0.1) is 0 Å². The minimum Gasteiger partial charge on any atom is -0.466 e. The Labute approximate surface area is 164 Å². The molecule has 0 unspecified atom stereocenters. The molecule has 1 heterocycles. The highest BCUT2D eigenvalue weighted by atomic mass is 79.9. The zero-order chi connectivity index (χ0) is 19.4. The molecule has 0 fully saturated rings. The number of esters is 1. The van der Waals surface area contributed by atoms with Crippen molar-refractivity contribution in [3.8, 4) is 5.75 Å². The Balaban J connectivity index is 2.37. The Hall–Kier alpha value is -1.72. The Morgan fingerprint density at radius 3 is 2.50 bits per heavy atom. The van der Waals surface area contributed by atoms with E-state index in [1.807, 2.05) is 0 Å². The number of rotatable bonds is 7. The van der Waals surface area contributed by atoms with Crippen molar-refractivity contribution in [3.63, 3.8) is 0 Å². The van der Waals surface area contributed by atoms with Crippen LogP contribution in [0.25, 0.3) is 0 Å². The van der Waals surface area contributed by atoms with Crippen LogP contribution in [0.3, 0.4) is 0 Å². The Bertz CT molecular complexity index is 735. The third-order valence-electron chi connectivity index (χ3n) is 3.44. The summed E-state index contributed by atoms with van der Waals surface area (Å²) in [6.07, 6.45) is 0. The van der Waals surface area contributed by atoms with Crippen molar-refractivity contribution in [2.24, 2.45) is 0 Å². The molecule has 1 amide bonds. The highest BCUT2D eigenvalue weighted by Gasteiger charge is 2.35. The van der Waals surface area contributed by atoms with Gasteiger partial charge >= 0.3 is 12.6 Å². The number of ether oxygens (including phenoxy) is 2. The second-order valence-corrected chi connectivity index (χ2v) is 6.77. The molecule has 0 saturated heterocycles. The van der Waals surface area contributed by atoms with Crippen molar-refractivity contribution in [2.75, 3.05) is 32.1 Å². The maximum absolute atomic E-state index is 12.5. The molecule has 1 aliphatic heterocycles. The van der Waals surface area contributed by atoms with Crippen molar-refractivity contribution in [1.29, 1.82) is 0 Å². The molecule has 2 rings (SSSR count). The number of hydrogen-bond donors (Lipinski definition) is 2. The molecule has 2 N–H and O–H groups in total. The molecule has 0 saturated carbocycles. The zero-order valence-electron chi connectivity index (χ0n) is 13.4. The van der Waals surface area contributed by atoms with Crippen LogP contribution in [0.1, 0.15) is 0 Å². The molecule has 0 bridgehead atoms. The van der Waals surface area contributed by atoms with Crippen LogP contribution in [0.4, 0.5) is 14.5 Å². The van der Waals surface area contributed by atoms with Gasteiger partial charge < -0.3 is 24.8 Å². The standard InChI is InChI=1S/C15H14Br2F2N2O5/c1-25-14(24)8-6-21(2-3-22)13(23)11(8)20-12-9(16)4-7(5-10(12)17)26-15(18)19/h4-5,15,20,22H,2-3,6H2,1H3. The number of anilines is 1. The summed E-state index contributed by atoms with van der Waals surface area (Å²) in [6, 6.07) is 2.59. The molecule has 11 heteroatoms. The molecule has 1 aromatic rings. The van der Waals surface area contributed by atoms with Crippen LogP contribution < -0.4 is 10.1 Å². The number of amides is 1. The van der Waals surface area contributed by atoms with E-state index in [1.165, 1.54) is 24.1 Å². The monoisotopic (exact) mass is 498 g/mol. The average Bonchev–Trinajstić information content (AvgIpc) is 2.86. The lowest BCUT2D eigenvalue weighted by Gasteiger charge is -2.16. The van der Waals surface area contributed by atoms with Crippen molar-refractivity contribution in [3.05, 3.63) is 32.3 Å². The normalized spacial score (nSPS) is 14.3. The molecular formula is C15H14Br2F2N2O5. The molecule has 0 spiro atoms. The number of aliphatic hydroxyl groups excluding tert-OH is 1. The fourth-order valence-electron chi connectivity index (χ4n) is 2.31. The van der Waals surface area contributed by atoms with Crippen LogP contribution in [-0.2, 0) is 14.3 Å². The summed E-state index contributed by atoms with van der Waals surface area (Å²) in [4.78, 5) is 25.7. The van der Waals surface area contributed by atoms with Gasteiger partial charge in [0.05, 0.1) is 31.5 Å². The van der Waals surface area contributed by atoms with Crippen LogP contribution in [0.15, 0.2) is 32.3 Å². The maximum atomic E-state index is 12.5. The lowest BCUT2D eigenvalue weighted by atomic mass is 10.2. The molecule has 1 aromatic carbocycles. The van der Waals surface area contributed by atoms with E-state index in [0.29, 0.717) is 14.6 Å². The quantitative estimate of drug-likeness (QED) is 0.560. The number of halogens is 4. The van der Waals surface area contributed by atoms with Crippen molar-refractivity contribution in [1.82, 2.24) is 4.90 Å². The summed E-state index contributed by atoms with van der Waals surface area (Å²) >= 11 is 6.43. The second kappa shape index (κ2) is 8.78. The van der Waals surface area contributed by atoms with E-state index in [0.717, 1.165) is 0 Å². The zero-order valence-corrected chi connectivity index (χ0v) is 16.6. The molecule has 1 aliphatic rings. The van der Waals surface area contributed by atoms with Crippen LogP contribution in [0.2, 0.25) is 0 Å². The van der Waals surface area contributed by atoms with Crippen LogP contribution in [-0.4, -0.2) is 55.3 Å². The van der Waals surface area contributed by atoms with Gasteiger partial charge in [0.1, 0.15) is 11.4 Å². The Kier molecular flexibility index (Phi) is 6.95. The summed E-state index contributed by atoms with van der Waals surface area (Å²) < 4.78 is 34.4. The molecule has 7 nitrogen and oxygen atoms in total. The van der Waals surface area contributed by atoms with E-state index in [9.17, 15) is 18.4 Å². The number of hydrogen-bond acceptors (Lipinski definition) is 6. The SMILES string of the molecule is COC(=O)C1=C(Nc2c(Br)cc(OC(F)F)cc2Br)C(=O)N(CCO)C1. The Morgan fingerprint density at radius 2 is 2.00 bits per heavy atom. The fourth-order valence-corrected chi connectivity index (χ4v) is 3.66. The molecule has 0 radical (unpaired) electrons. The van der Waals surface area contributed by atoms with Gasteiger partial charge in [-0.1, -0.05) is 0 Å². The van der Waals surface area contributed by atoms with E-state index in [-0.39, 0.29) is 36.7 Å². The van der Waals surface area contributed by atoms with Crippen molar-refractivity contribution < 1.29 is 33.0 Å². The molecule has 26 heavy (non-hydrogen) atoms. The highest BCUT2D eigenvalue weighted by Crippen LogP contribution is 2.37. The van der Waals surface area contributed by atoms with Crippen LogP contribution >= 0.6 is 31.9 Å². The lowest BCUT2D eigenvalue weighted by Crippen LogP contribution is -2.31. The first kappa shape index (κ1) is 20.6. The van der Waals surface area contributed by atoms with Crippen LogP contribution in [0.5, 0.6) is 5.75 Å². The summed E-state index contributed by atoms with van der Waals surface area (Å²) in [5, 5.41) is 11.9. The first-order valence-electron chi connectivity index (χ1n) is 7.21. The number of aliphatic hydroxyl groups is 1. The first-order chi connectivity index (χ1) is 12.3. The highest BCUT2D eigenvalue weighted by molar-refractivity contribution is 9.11. The first-order valence-corrected chi connectivity index (χ1v) is 8.79. The second-order valence-electron chi connectivity index (χ2n) is 5.06. The lowest BCUT2D eigenvalue weighted by molar-refractivity contribution is -0.136. The maximum Gasteiger partial charge on any atom is 0.387 e. The minimum atomic E-state index is -2.98. The third kappa shape index (κ3) is 4.51. The van der Waals surface area contributed by atoms with Gasteiger partial charge in [-0.25, -0.2) is 4.79 Å². The van der Waals surface area contributed by atoms with E-state index in [4.69, 9.17) is 9.84 Å². The van der Waals surface area contributed by atoms with Crippen LogP contribution in [0, 0.1) is 0 Å². The van der Waals surface area contributed by atoms with Gasteiger partial charge in [0.2, 0.25) is 0 Å². The largest absolute Gasteiger partial charge is 0.466 e. The summed E-state index contributed by atoms with van der Waals surface area (Å²) in [7, 11) is 1.19. The number of nitrogens with zero attached hydrogens (tertiary/aromatic N) is 1. The van der Waals surface area contributed by atoms with E-state index in [2.05, 4.69) is 41.9 Å². The number of methoxy groups -OCH3 is 1. The van der Waals surface area contributed by atoms with E-state index >= 15 is 0 Å². The number of benzene rings is 1. The van der Waals surface area contributed by atoms with Gasteiger partial charge in [-0.3, -0.25) is 4.79 Å². The molecule has 142 valence electrons. The summed E-state index contributed by atoms with van der Waals surface area (Å²) in [5.74, 6) is -1.27. The number of carbonyl (C=O) groups is 2. The Morgan fingerprint density at radius 1 is 1.38 bits per heavy atom. The number of carbonyl (C=O) groups excluding carboxylic acids is 2. The van der Waals surface area contributed by atoms with Gasteiger partial charge in [0, 0.05) is 15.5 Å². The number of nitrogens with one attached hydrogen (secondary N) is 1. The third-order valence-corrected chi connectivity index (χ3v) is 4.70. The minimum absolute atomic E-state index is 0.0176. The van der Waals surface area contributed by atoms with Gasteiger partial charge in [-0.05, 0) is 44.0 Å². The molecule has 0 atom stereocenters. The summed E-state index contributed by atoms with van der Waals surface area (Å²) in [5.41, 5.74) is 0.411. The van der Waals surface area contributed by atoms with Gasteiger partial charge in [0.15, 0.2) is 0 Å². The van der Waals surface area contributed by atoms with Gasteiger partial charge in [0.25, 0.3) is 5.91 Å². The number of alkyl halides is 2. The van der Waals surface area contributed by atoms with Gasteiger partial charge in [-0.2, -0.15) is 8.78 Å². The molecular weight excluding hydrogens is 486 g/mol. The smallest absolute Gasteiger partial charge is 0.387 e. The van der Waals surface area contributed by atoms with Crippen molar-refractivity contribution in [2.45, 2.75) is 6.61 Å². The molecule has 0 aromatic heterocycles. The average molecular weight is 500 g/mol. The summed E-state index contributed by atoms with van der Waals surface area (Å²) in [6.45, 7) is -3.21. The topological polar surface area (TPSA) is 88.1 Å². The van der Waals surface area contributed by atoms with Crippen molar-refractivity contribution >= 4 is 49.4 Å². The fraction of sp³-hybridized carbons (Fsp3) is 0.333. The predicted molar refractivity (Wildman–Crippen MR) is 94.8 cm³/mol.